The van der Waals surface area contributed by atoms with Gasteiger partial charge in [0.1, 0.15) is 5.75 Å². The molecular formula is C11H12F3NO. The minimum Gasteiger partial charge on any atom is -0.493 e. The first-order valence-corrected chi connectivity index (χ1v) is 5.04. The van der Waals surface area contributed by atoms with Crippen molar-refractivity contribution in [1.29, 1.82) is 0 Å². The molecule has 0 aromatic heterocycles. The number of fused-ring (bicyclic) bond motifs is 1. The highest BCUT2D eigenvalue weighted by Crippen LogP contribution is 2.32. The van der Waals surface area contributed by atoms with E-state index in [0.29, 0.717) is 12.2 Å². The van der Waals surface area contributed by atoms with Gasteiger partial charge in [0.25, 0.3) is 0 Å². The van der Waals surface area contributed by atoms with Crippen molar-refractivity contribution in [2.45, 2.75) is 25.1 Å². The van der Waals surface area contributed by atoms with Crippen LogP contribution in [0.1, 0.15) is 23.6 Å². The zero-order chi connectivity index (χ0) is 11.8. The van der Waals surface area contributed by atoms with Crippen LogP contribution in [0.4, 0.5) is 13.2 Å². The molecule has 88 valence electrons. The fraction of sp³-hybridized carbons (Fsp3) is 0.455. The number of hydrogen-bond donors (Lipinski definition) is 1. The number of alkyl halides is 3. The van der Waals surface area contributed by atoms with Gasteiger partial charge in [-0.05, 0) is 17.2 Å². The highest BCUT2D eigenvalue weighted by molar-refractivity contribution is 5.40. The lowest BCUT2D eigenvalue weighted by atomic mass is 10.0. The molecule has 1 heterocycles. The molecule has 1 aliphatic rings. The molecule has 0 saturated carbocycles. The van der Waals surface area contributed by atoms with Crippen molar-refractivity contribution in [3.63, 3.8) is 0 Å². The van der Waals surface area contributed by atoms with Gasteiger partial charge in [0, 0.05) is 12.5 Å². The molecule has 0 aliphatic carbocycles. The molecule has 0 fully saturated rings. The predicted octanol–water partition coefficient (Wildman–Crippen LogP) is 2.57. The fourth-order valence-corrected chi connectivity index (χ4v) is 1.80. The van der Waals surface area contributed by atoms with E-state index in [0.717, 1.165) is 17.7 Å². The van der Waals surface area contributed by atoms with Gasteiger partial charge in [0.05, 0.1) is 13.0 Å². The van der Waals surface area contributed by atoms with Crippen LogP contribution in [-0.2, 0) is 6.42 Å². The van der Waals surface area contributed by atoms with Crippen molar-refractivity contribution in [2.24, 2.45) is 5.73 Å². The van der Waals surface area contributed by atoms with Crippen molar-refractivity contribution in [2.75, 3.05) is 6.61 Å². The predicted molar refractivity (Wildman–Crippen MR) is 53.2 cm³/mol. The van der Waals surface area contributed by atoms with Gasteiger partial charge in [0.15, 0.2) is 0 Å². The maximum absolute atomic E-state index is 12.2. The highest BCUT2D eigenvalue weighted by Gasteiger charge is 2.31. The Balaban J connectivity index is 2.15. The number of ether oxygens (including phenoxy) is 1. The molecule has 2 N–H and O–H groups in total. The second kappa shape index (κ2) is 3.97. The van der Waals surface area contributed by atoms with Crippen LogP contribution >= 0.6 is 0 Å². The SMILES string of the molecule is NC(CC(F)(F)F)c1ccc2c(c1)CCO2. The summed E-state index contributed by atoms with van der Waals surface area (Å²) >= 11 is 0. The first-order valence-electron chi connectivity index (χ1n) is 5.04. The standard InChI is InChI=1S/C11H12F3NO/c12-11(13,14)6-9(15)7-1-2-10-8(5-7)3-4-16-10/h1-2,5,9H,3-4,6,15H2. The van der Waals surface area contributed by atoms with Crippen LogP contribution in [0.2, 0.25) is 0 Å². The molecule has 0 saturated heterocycles. The summed E-state index contributed by atoms with van der Waals surface area (Å²) < 4.78 is 41.8. The Morgan fingerprint density at radius 1 is 1.38 bits per heavy atom. The Kier molecular flexibility index (Phi) is 2.80. The monoisotopic (exact) mass is 231 g/mol. The molecule has 0 spiro atoms. The van der Waals surface area contributed by atoms with Crippen molar-refractivity contribution in [3.8, 4) is 5.75 Å². The summed E-state index contributed by atoms with van der Waals surface area (Å²) in [4.78, 5) is 0. The van der Waals surface area contributed by atoms with E-state index < -0.39 is 18.6 Å². The largest absolute Gasteiger partial charge is 0.493 e. The fourth-order valence-electron chi connectivity index (χ4n) is 1.80. The molecule has 2 nitrogen and oxygen atoms in total. The van der Waals surface area contributed by atoms with E-state index in [1.165, 1.54) is 0 Å². The van der Waals surface area contributed by atoms with Gasteiger partial charge in [-0.15, -0.1) is 0 Å². The maximum Gasteiger partial charge on any atom is 0.390 e. The van der Waals surface area contributed by atoms with E-state index in [1.807, 2.05) is 0 Å². The molecule has 1 aromatic carbocycles. The molecule has 1 aliphatic heterocycles. The summed E-state index contributed by atoms with van der Waals surface area (Å²) in [5, 5.41) is 0. The molecule has 16 heavy (non-hydrogen) atoms. The summed E-state index contributed by atoms with van der Waals surface area (Å²) in [6, 6.07) is 4.00. The van der Waals surface area contributed by atoms with Crippen LogP contribution in [0.15, 0.2) is 18.2 Å². The Labute approximate surface area is 91.2 Å². The van der Waals surface area contributed by atoms with E-state index in [1.54, 1.807) is 18.2 Å². The van der Waals surface area contributed by atoms with Crippen molar-refractivity contribution in [3.05, 3.63) is 29.3 Å². The molecular weight excluding hydrogens is 219 g/mol. The van der Waals surface area contributed by atoms with Crippen LogP contribution in [0.5, 0.6) is 5.75 Å². The lowest BCUT2D eigenvalue weighted by Crippen LogP contribution is -2.20. The van der Waals surface area contributed by atoms with Crippen molar-refractivity contribution in [1.82, 2.24) is 0 Å². The third kappa shape index (κ3) is 2.47. The molecule has 0 amide bonds. The molecule has 5 heteroatoms. The highest BCUT2D eigenvalue weighted by atomic mass is 19.4. The average molecular weight is 231 g/mol. The Morgan fingerprint density at radius 2 is 2.12 bits per heavy atom. The van der Waals surface area contributed by atoms with Crippen LogP contribution in [0, 0.1) is 0 Å². The normalized spacial score (nSPS) is 16.8. The lowest BCUT2D eigenvalue weighted by molar-refractivity contribution is -0.138. The quantitative estimate of drug-likeness (QED) is 0.849. The number of halogens is 3. The zero-order valence-electron chi connectivity index (χ0n) is 8.55. The van der Waals surface area contributed by atoms with Crippen LogP contribution in [0.25, 0.3) is 0 Å². The first kappa shape index (κ1) is 11.3. The first-order chi connectivity index (χ1) is 7.46. The molecule has 1 unspecified atom stereocenters. The molecule has 1 aromatic rings. The summed E-state index contributed by atoms with van der Waals surface area (Å²) in [5.41, 5.74) is 6.97. The number of nitrogens with two attached hydrogens (primary N) is 1. The lowest BCUT2D eigenvalue weighted by Gasteiger charge is -2.15. The summed E-state index contributed by atoms with van der Waals surface area (Å²) in [5.74, 6) is 0.753. The van der Waals surface area contributed by atoms with E-state index in [2.05, 4.69) is 0 Å². The van der Waals surface area contributed by atoms with Crippen LogP contribution < -0.4 is 10.5 Å². The third-order valence-corrected chi connectivity index (χ3v) is 2.59. The number of rotatable bonds is 2. The van der Waals surface area contributed by atoms with Gasteiger partial charge >= 0.3 is 6.18 Å². The summed E-state index contributed by atoms with van der Waals surface area (Å²) in [6.45, 7) is 0.591. The second-order valence-corrected chi connectivity index (χ2v) is 3.89. The Hall–Kier alpha value is -1.23. The Morgan fingerprint density at radius 3 is 2.81 bits per heavy atom. The van der Waals surface area contributed by atoms with Crippen molar-refractivity contribution < 1.29 is 17.9 Å². The van der Waals surface area contributed by atoms with Gasteiger partial charge in [0.2, 0.25) is 0 Å². The summed E-state index contributed by atoms with van der Waals surface area (Å²) in [7, 11) is 0. The topological polar surface area (TPSA) is 35.2 Å². The van der Waals surface area contributed by atoms with E-state index >= 15 is 0 Å². The van der Waals surface area contributed by atoms with Gasteiger partial charge in [-0.2, -0.15) is 13.2 Å². The second-order valence-electron chi connectivity index (χ2n) is 3.89. The third-order valence-electron chi connectivity index (χ3n) is 2.59. The molecule has 0 radical (unpaired) electrons. The van der Waals surface area contributed by atoms with Crippen molar-refractivity contribution >= 4 is 0 Å². The number of benzene rings is 1. The zero-order valence-corrected chi connectivity index (χ0v) is 8.55. The maximum atomic E-state index is 12.2. The molecule has 0 bridgehead atoms. The van der Waals surface area contributed by atoms with Gasteiger partial charge < -0.3 is 10.5 Å². The Bertz CT molecular complexity index is 389. The van der Waals surface area contributed by atoms with E-state index in [9.17, 15) is 13.2 Å². The van der Waals surface area contributed by atoms with Crippen LogP contribution in [-0.4, -0.2) is 12.8 Å². The van der Waals surface area contributed by atoms with Gasteiger partial charge in [-0.3, -0.25) is 0 Å². The minimum absolute atomic E-state index is 0.515. The molecule has 1 atom stereocenters. The summed E-state index contributed by atoms with van der Waals surface area (Å²) in [6.07, 6.45) is -4.48. The number of hydrogen-bond acceptors (Lipinski definition) is 2. The van der Waals surface area contributed by atoms with Gasteiger partial charge in [-0.1, -0.05) is 12.1 Å². The van der Waals surface area contributed by atoms with E-state index in [4.69, 9.17) is 10.5 Å². The van der Waals surface area contributed by atoms with E-state index in [-0.39, 0.29) is 0 Å². The van der Waals surface area contributed by atoms with Gasteiger partial charge in [-0.25, -0.2) is 0 Å². The average Bonchev–Trinajstić information content (AvgIpc) is 2.61. The smallest absolute Gasteiger partial charge is 0.390 e. The minimum atomic E-state index is -4.23. The van der Waals surface area contributed by atoms with Crippen LogP contribution in [0.3, 0.4) is 0 Å². The molecule has 2 rings (SSSR count).